The van der Waals surface area contributed by atoms with Crippen molar-refractivity contribution in [3.8, 4) is 46.9 Å². The van der Waals surface area contributed by atoms with Gasteiger partial charge in [-0.15, -0.1) is 12.8 Å². The molecule has 12 rings (SSSR count). The van der Waals surface area contributed by atoms with Crippen LogP contribution in [0.4, 0.5) is 0 Å². The molecule has 4 aliphatic carbocycles. The first kappa shape index (κ1) is 57.4. The van der Waals surface area contributed by atoms with E-state index in [9.17, 15) is 0 Å². The van der Waals surface area contributed by atoms with E-state index in [0.717, 1.165) is 68.9 Å². The number of rotatable bonds is 10. The third-order valence-electron chi connectivity index (χ3n) is 20.3. The Balaban J connectivity index is 0.000000170. The molecule has 0 saturated heterocycles. The zero-order valence-electron chi connectivity index (χ0n) is 47.7. The van der Waals surface area contributed by atoms with Crippen LogP contribution in [-0.4, -0.2) is 0 Å². The Labute approximate surface area is 492 Å². The molecule has 0 amide bonds. The number of halogens is 2. The van der Waals surface area contributed by atoms with Crippen molar-refractivity contribution in [3.05, 3.63) is 167 Å². The molecule has 4 fully saturated rings. The Hall–Kier alpha value is -4.81. The molecular formula is C76H84Cl2Pt. The Morgan fingerprint density at radius 1 is 0.342 bits per heavy atom. The fourth-order valence-electron chi connectivity index (χ4n) is 15.0. The van der Waals surface area contributed by atoms with E-state index in [1.807, 2.05) is 0 Å². The number of hydrogen-bond donors (Lipinski definition) is 0. The summed E-state index contributed by atoms with van der Waals surface area (Å²) in [4.78, 5) is 0. The van der Waals surface area contributed by atoms with Gasteiger partial charge in [0.1, 0.15) is 0 Å². The van der Waals surface area contributed by atoms with Crippen LogP contribution < -0.4 is 0 Å². The standard InChI is InChI=1S/2C38H42.2ClH.Pt/c1-3-25-5-9-27(10-6-25)29-17-19-35-31(21-29)13-15-33-24-38-34(23-37(33)35)16-14-32-22-30(18-20-36(32)38)28-11-7-26(4-2)8-12-28;1-5-27-9-13-31(14-10-27)33-17-21-35(22-18-33)37-25-30(8-4)38(26-29(37)7-3)36-23-19-34(20-24-36)32-15-11-28(6-2)12-16-32;;;/h13-28H,3-12H2,1-2H3;3-4,17-28,31-32H,5-6,9-16H2,1-2H3;2*1H;/q;;;;+2/p-2. The van der Waals surface area contributed by atoms with Crippen LogP contribution in [0.3, 0.4) is 0 Å². The second-order valence-electron chi connectivity index (χ2n) is 24.4. The SMILES string of the molecule is C#Cc1cc(-c2ccc(C3CCC(CC)CC3)cc2)c(C#C)cc1-c1ccc(C2CCC(CC)CC2)cc1.CCC1CCC(c2ccc3c(ccc4cc5c(ccc6cc(C7CCC(CC)CC7)ccc65)cc43)c2)CC1.[Cl][Pt][Cl]. The molecule has 0 heterocycles. The average molecular weight is 1260 g/mol. The Morgan fingerprint density at radius 3 is 0.886 bits per heavy atom. The first-order valence-electron chi connectivity index (χ1n) is 30.7. The summed E-state index contributed by atoms with van der Waals surface area (Å²) < 4.78 is 0. The molecular weight excluding hydrogens is 1180 g/mol. The molecule has 0 N–H and O–H groups in total. The molecule has 0 nitrogen and oxygen atoms in total. The summed E-state index contributed by atoms with van der Waals surface area (Å²) in [5, 5.41) is 11.1. The molecule has 0 unspecified atom stereocenters. The summed E-state index contributed by atoms with van der Waals surface area (Å²) >= 11 is -0.472. The topological polar surface area (TPSA) is 0 Å². The van der Waals surface area contributed by atoms with E-state index in [-0.39, 0.29) is 0 Å². The quantitative estimate of drug-likeness (QED) is 0.0727. The predicted molar refractivity (Wildman–Crippen MR) is 341 cm³/mol. The van der Waals surface area contributed by atoms with Crippen LogP contribution in [0, 0.1) is 48.4 Å². The van der Waals surface area contributed by atoms with Crippen LogP contribution >= 0.6 is 18.8 Å². The molecule has 79 heavy (non-hydrogen) atoms. The van der Waals surface area contributed by atoms with Gasteiger partial charge >= 0.3 is 35.3 Å². The third-order valence-corrected chi connectivity index (χ3v) is 20.3. The van der Waals surface area contributed by atoms with Crippen LogP contribution in [-0.2, 0) is 16.5 Å². The van der Waals surface area contributed by atoms with Gasteiger partial charge in [0, 0.05) is 11.1 Å². The van der Waals surface area contributed by atoms with Crippen molar-refractivity contribution in [1.29, 1.82) is 0 Å². The maximum absolute atomic E-state index is 6.04. The van der Waals surface area contributed by atoms with Crippen molar-refractivity contribution in [2.75, 3.05) is 0 Å². The van der Waals surface area contributed by atoms with Crippen molar-refractivity contribution in [2.45, 2.75) is 180 Å². The molecule has 0 atom stereocenters. The Morgan fingerprint density at radius 2 is 0.608 bits per heavy atom. The van der Waals surface area contributed by atoms with E-state index in [0.29, 0.717) is 11.8 Å². The molecule has 0 bridgehead atoms. The summed E-state index contributed by atoms with van der Waals surface area (Å²) in [7, 11) is 9.75. The molecule has 0 radical (unpaired) electrons. The van der Waals surface area contributed by atoms with Crippen LogP contribution in [0.1, 0.15) is 213 Å². The van der Waals surface area contributed by atoms with E-state index in [4.69, 9.17) is 31.7 Å². The van der Waals surface area contributed by atoms with Gasteiger partial charge in [0.25, 0.3) is 0 Å². The van der Waals surface area contributed by atoms with E-state index in [1.165, 1.54) is 183 Å². The van der Waals surface area contributed by atoms with E-state index >= 15 is 0 Å². The second kappa shape index (κ2) is 27.3. The molecule has 4 aliphatic rings. The normalized spacial score (nSPS) is 23.3. The summed E-state index contributed by atoms with van der Waals surface area (Å²) in [5.41, 5.74) is 12.2. The van der Waals surface area contributed by atoms with Gasteiger partial charge in [0.15, 0.2) is 0 Å². The maximum atomic E-state index is 6.04. The molecule has 8 aromatic carbocycles. The van der Waals surface area contributed by atoms with Gasteiger partial charge in [-0.25, -0.2) is 0 Å². The Kier molecular flexibility index (Phi) is 19.8. The van der Waals surface area contributed by atoms with Gasteiger partial charge < -0.3 is 0 Å². The summed E-state index contributed by atoms with van der Waals surface area (Å²) in [6.45, 7) is 9.36. The molecule has 3 heteroatoms. The minimum atomic E-state index is -0.472. The van der Waals surface area contributed by atoms with E-state index in [1.54, 1.807) is 11.1 Å². The van der Waals surface area contributed by atoms with Crippen molar-refractivity contribution in [1.82, 2.24) is 0 Å². The van der Waals surface area contributed by atoms with Gasteiger partial charge in [0.05, 0.1) is 0 Å². The number of hydrogen-bond acceptors (Lipinski definition) is 0. The molecule has 0 aromatic heterocycles. The third kappa shape index (κ3) is 13.3. The van der Waals surface area contributed by atoms with Crippen molar-refractivity contribution in [2.24, 2.45) is 23.7 Å². The summed E-state index contributed by atoms with van der Waals surface area (Å²) in [6.07, 6.45) is 39.1. The van der Waals surface area contributed by atoms with E-state index < -0.39 is 16.5 Å². The van der Waals surface area contributed by atoms with Gasteiger partial charge in [-0.05, 0) is 262 Å². The van der Waals surface area contributed by atoms with Gasteiger partial charge in [-0.3, -0.25) is 0 Å². The molecule has 0 spiro atoms. The molecule has 0 aliphatic heterocycles. The first-order valence-corrected chi connectivity index (χ1v) is 36.3. The molecule has 8 aromatic rings. The predicted octanol–water partition coefficient (Wildman–Crippen LogP) is 23.4. The molecule has 4 saturated carbocycles. The number of terminal acetylenes is 2. The van der Waals surface area contributed by atoms with Crippen LogP contribution in [0.15, 0.2) is 133 Å². The van der Waals surface area contributed by atoms with Crippen molar-refractivity contribution in [3.63, 3.8) is 0 Å². The number of benzene rings is 8. The van der Waals surface area contributed by atoms with Crippen LogP contribution in [0.25, 0.3) is 65.3 Å². The fraction of sp³-hybridized carbons (Fsp3) is 0.421. The summed E-state index contributed by atoms with van der Waals surface area (Å²) in [6, 6.07) is 51.4. The number of fused-ring (bicyclic) bond motifs is 6. The van der Waals surface area contributed by atoms with Crippen molar-refractivity contribution < 1.29 is 16.5 Å². The monoisotopic (exact) mass is 1260 g/mol. The second-order valence-corrected chi connectivity index (χ2v) is 27.7. The van der Waals surface area contributed by atoms with Crippen molar-refractivity contribution >= 4 is 61.9 Å². The zero-order chi connectivity index (χ0) is 54.8. The van der Waals surface area contributed by atoms with Crippen LogP contribution in [0.5, 0.6) is 0 Å². The zero-order valence-corrected chi connectivity index (χ0v) is 51.5. The first-order chi connectivity index (χ1) is 38.7. The van der Waals surface area contributed by atoms with E-state index in [2.05, 4.69) is 173 Å². The van der Waals surface area contributed by atoms with Gasteiger partial charge in [-0.2, -0.15) is 0 Å². The van der Waals surface area contributed by atoms with Gasteiger partial charge in [-0.1, -0.05) is 174 Å². The molecule has 412 valence electrons. The fourth-order valence-corrected chi connectivity index (χ4v) is 15.0. The Bertz CT molecular complexity index is 3170. The summed E-state index contributed by atoms with van der Waals surface area (Å²) in [5.74, 6) is 12.5. The minimum absolute atomic E-state index is 0.472. The van der Waals surface area contributed by atoms with Crippen LogP contribution in [0.2, 0.25) is 0 Å². The van der Waals surface area contributed by atoms with Gasteiger partial charge in [0.2, 0.25) is 0 Å². The average Bonchev–Trinajstić information content (AvgIpc) is 3.54.